The van der Waals surface area contributed by atoms with Gasteiger partial charge in [0.05, 0.1) is 17.1 Å². The van der Waals surface area contributed by atoms with Gasteiger partial charge in [-0.05, 0) is 55.2 Å². The minimum atomic E-state index is -0.514. The molecule has 0 fully saturated rings. The fraction of sp³-hybridized carbons (Fsp3) is 0.455. The number of rotatable bonds is 5. The van der Waals surface area contributed by atoms with Crippen molar-refractivity contribution in [2.45, 2.75) is 47.0 Å². The monoisotopic (exact) mass is 430 g/mol. The van der Waals surface area contributed by atoms with E-state index < -0.39 is 16.8 Å². The number of benzene rings is 1. The molecule has 1 aliphatic rings. The fourth-order valence-corrected chi connectivity index (χ4v) is 5.05. The number of anilines is 1. The van der Waals surface area contributed by atoms with Crippen molar-refractivity contribution in [2.75, 3.05) is 11.9 Å². The first-order valence-corrected chi connectivity index (χ1v) is 10.8. The van der Waals surface area contributed by atoms with E-state index in [4.69, 9.17) is 4.74 Å². The predicted octanol–water partition coefficient (Wildman–Crippen LogP) is 5.24. The molecule has 1 aromatic carbocycles. The summed E-state index contributed by atoms with van der Waals surface area (Å²) in [5, 5.41) is 14.1. The number of ether oxygens (including phenoxy) is 1. The summed E-state index contributed by atoms with van der Waals surface area (Å²) in [5.74, 6) is -0.346. The van der Waals surface area contributed by atoms with Crippen molar-refractivity contribution in [3.8, 4) is 0 Å². The van der Waals surface area contributed by atoms with E-state index in [-0.39, 0.29) is 23.3 Å². The van der Waals surface area contributed by atoms with Crippen LogP contribution in [0, 0.1) is 21.4 Å². The molecule has 0 saturated heterocycles. The van der Waals surface area contributed by atoms with Gasteiger partial charge in [0.2, 0.25) is 0 Å². The van der Waals surface area contributed by atoms with E-state index in [0.717, 1.165) is 29.7 Å². The van der Waals surface area contributed by atoms with Crippen LogP contribution in [0.3, 0.4) is 0 Å². The Labute approximate surface area is 179 Å². The normalized spacial score (nSPS) is 15.9. The molecule has 1 heterocycles. The maximum absolute atomic E-state index is 12.7. The maximum Gasteiger partial charge on any atom is 0.341 e. The third-order valence-electron chi connectivity index (χ3n) is 5.54. The van der Waals surface area contributed by atoms with E-state index in [1.54, 1.807) is 6.92 Å². The first kappa shape index (κ1) is 22.0. The van der Waals surface area contributed by atoms with Crippen molar-refractivity contribution in [2.24, 2.45) is 11.3 Å². The van der Waals surface area contributed by atoms with E-state index in [0.29, 0.717) is 16.5 Å². The molecule has 0 spiro atoms. The topological polar surface area (TPSA) is 98.5 Å². The molecule has 1 N–H and O–H groups in total. The number of hydrogen-bond donors (Lipinski definition) is 1. The minimum Gasteiger partial charge on any atom is -0.462 e. The van der Waals surface area contributed by atoms with Crippen LogP contribution < -0.4 is 5.32 Å². The Kier molecular flexibility index (Phi) is 6.26. The number of nitro groups is 1. The molecule has 30 heavy (non-hydrogen) atoms. The van der Waals surface area contributed by atoms with Crippen molar-refractivity contribution in [1.29, 1.82) is 0 Å². The summed E-state index contributed by atoms with van der Waals surface area (Å²) in [6.07, 6.45) is 2.62. The van der Waals surface area contributed by atoms with Crippen LogP contribution in [-0.2, 0) is 17.6 Å². The predicted molar refractivity (Wildman–Crippen MR) is 116 cm³/mol. The molecule has 1 aromatic heterocycles. The van der Waals surface area contributed by atoms with Gasteiger partial charge in [0, 0.05) is 22.6 Å². The average molecular weight is 431 g/mol. The Morgan fingerprint density at radius 1 is 1.27 bits per heavy atom. The highest BCUT2D eigenvalue weighted by Gasteiger charge is 2.34. The highest BCUT2D eigenvalue weighted by Crippen LogP contribution is 2.44. The first-order valence-electron chi connectivity index (χ1n) is 9.99. The van der Waals surface area contributed by atoms with Gasteiger partial charge >= 0.3 is 5.97 Å². The smallest absolute Gasteiger partial charge is 0.341 e. The second-order valence-electron chi connectivity index (χ2n) is 8.49. The maximum atomic E-state index is 12.7. The van der Waals surface area contributed by atoms with Crippen molar-refractivity contribution in [1.82, 2.24) is 0 Å². The number of non-ortho nitro benzene ring substituents is 1. The second-order valence-corrected chi connectivity index (χ2v) is 9.60. The molecule has 0 aliphatic heterocycles. The van der Waals surface area contributed by atoms with Crippen LogP contribution in [-0.4, -0.2) is 23.4 Å². The zero-order valence-corrected chi connectivity index (χ0v) is 18.4. The lowest BCUT2D eigenvalue weighted by atomic mass is 9.72. The van der Waals surface area contributed by atoms with Gasteiger partial charge in [-0.1, -0.05) is 20.8 Å². The molecule has 1 atom stereocenters. The lowest BCUT2D eigenvalue weighted by Gasteiger charge is -2.33. The Hall–Kier alpha value is -2.74. The van der Waals surface area contributed by atoms with E-state index in [2.05, 4.69) is 26.1 Å². The number of hydrogen-bond acceptors (Lipinski definition) is 6. The largest absolute Gasteiger partial charge is 0.462 e. The van der Waals surface area contributed by atoms with E-state index in [9.17, 15) is 19.7 Å². The standard InChI is InChI=1S/C22H26N2O5S/c1-5-29-21(26)18-16-11-8-14(22(2,3)4)12-17(16)30-20(18)23-19(25)13-6-9-15(10-7-13)24(27)28/h6-7,9-10,14H,5,8,11-12H2,1-4H3,(H,23,25). The molecule has 2 aromatic rings. The molecule has 3 rings (SSSR count). The molecule has 1 amide bonds. The van der Waals surface area contributed by atoms with E-state index >= 15 is 0 Å². The number of carbonyl (C=O) groups is 2. The highest BCUT2D eigenvalue weighted by molar-refractivity contribution is 7.17. The summed E-state index contributed by atoms with van der Waals surface area (Å²) >= 11 is 1.43. The summed E-state index contributed by atoms with van der Waals surface area (Å²) in [7, 11) is 0. The third-order valence-corrected chi connectivity index (χ3v) is 6.71. The summed E-state index contributed by atoms with van der Waals surface area (Å²) in [5.41, 5.74) is 1.78. The van der Waals surface area contributed by atoms with Gasteiger partial charge in [-0.15, -0.1) is 11.3 Å². The van der Waals surface area contributed by atoms with Crippen molar-refractivity contribution in [3.63, 3.8) is 0 Å². The van der Waals surface area contributed by atoms with Crippen molar-refractivity contribution >= 4 is 33.9 Å². The Balaban J connectivity index is 1.91. The van der Waals surface area contributed by atoms with Crippen LogP contribution in [0.2, 0.25) is 0 Å². The van der Waals surface area contributed by atoms with Gasteiger partial charge in [0.25, 0.3) is 11.6 Å². The third kappa shape index (κ3) is 4.53. The number of nitrogens with zero attached hydrogens (tertiary/aromatic N) is 1. The van der Waals surface area contributed by atoms with Crippen molar-refractivity contribution in [3.05, 3.63) is 55.9 Å². The molecule has 0 bridgehead atoms. The van der Waals surface area contributed by atoms with Gasteiger partial charge in [0.15, 0.2) is 0 Å². The average Bonchev–Trinajstić information content (AvgIpc) is 3.04. The van der Waals surface area contributed by atoms with E-state index in [1.807, 2.05) is 0 Å². The van der Waals surface area contributed by atoms with Crippen LogP contribution >= 0.6 is 11.3 Å². The second kappa shape index (κ2) is 8.55. The van der Waals surface area contributed by atoms with Crippen LogP contribution in [0.4, 0.5) is 10.7 Å². The Morgan fingerprint density at radius 3 is 2.50 bits per heavy atom. The molecule has 1 aliphatic carbocycles. The quantitative estimate of drug-likeness (QED) is 0.397. The van der Waals surface area contributed by atoms with Gasteiger partial charge in [0.1, 0.15) is 5.00 Å². The molecule has 160 valence electrons. The van der Waals surface area contributed by atoms with Gasteiger partial charge in [-0.3, -0.25) is 14.9 Å². The first-order chi connectivity index (χ1) is 14.1. The number of nitro benzene ring substituents is 1. The Bertz CT molecular complexity index is 973. The molecule has 7 nitrogen and oxygen atoms in total. The lowest BCUT2D eigenvalue weighted by Crippen LogP contribution is -2.26. The van der Waals surface area contributed by atoms with Crippen molar-refractivity contribution < 1.29 is 19.2 Å². The number of nitrogens with one attached hydrogen (secondary N) is 1. The SMILES string of the molecule is CCOC(=O)c1c(NC(=O)c2ccc([N+](=O)[O-])cc2)sc2c1CCC(C(C)(C)C)C2. The number of fused-ring (bicyclic) bond motifs is 1. The van der Waals surface area contributed by atoms with Gasteiger partial charge < -0.3 is 10.1 Å². The molecule has 0 saturated carbocycles. The lowest BCUT2D eigenvalue weighted by molar-refractivity contribution is -0.384. The molecule has 1 unspecified atom stereocenters. The number of amides is 1. The van der Waals surface area contributed by atoms with Gasteiger partial charge in [-0.2, -0.15) is 0 Å². The molecule has 0 radical (unpaired) electrons. The molecular weight excluding hydrogens is 404 g/mol. The number of esters is 1. The Morgan fingerprint density at radius 2 is 1.93 bits per heavy atom. The van der Waals surface area contributed by atoms with Crippen LogP contribution in [0.25, 0.3) is 0 Å². The minimum absolute atomic E-state index is 0.0847. The fourth-order valence-electron chi connectivity index (χ4n) is 3.74. The van der Waals surface area contributed by atoms with Crippen LogP contribution in [0.5, 0.6) is 0 Å². The summed E-state index contributed by atoms with van der Waals surface area (Å²) in [6.45, 7) is 8.67. The number of carbonyl (C=O) groups excluding carboxylic acids is 2. The van der Waals surface area contributed by atoms with E-state index in [1.165, 1.54) is 35.6 Å². The molecule has 8 heteroatoms. The van der Waals surface area contributed by atoms with Gasteiger partial charge in [-0.25, -0.2) is 4.79 Å². The zero-order chi connectivity index (χ0) is 22.1. The summed E-state index contributed by atoms with van der Waals surface area (Å²) in [6, 6.07) is 5.38. The highest BCUT2D eigenvalue weighted by atomic mass is 32.1. The summed E-state index contributed by atoms with van der Waals surface area (Å²) in [4.78, 5) is 36.8. The number of thiophene rings is 1. The molecular formula is C22H26N2O5S. The van der Waals surface area contributed by atoms with Crippen LogP contribution in [0.15, 0.2) is 24.3 Å². The van der Waals surface area contributed by atoms with Crippen LogP contribution in [0.1, 0.15) is 65.3 Å². The zero-order valence-electron chi connectivity index (χ0n) is 17.6. The summed E-state index contributed by atoms with van der Waals surface area (Å²) < 4.78 is 5.26.